The zero-order chi connectivity index (χ0) is 14.1. The smallest absolute Gasteiger partial charge is 0.491 e. The molecule has 0 fully saturated rings. The molecule has 0 saturated heterocycles. The molecule has 0 aromatic carbocycles. The van der Waals surface area contributed by atoms with E-state index in [1.165, 1.54) is 0 Å². The number of aromatic nitrogens is 1. The molecule has 0 aliphatic carbocycles. The van der Waals surface area contributed by atoms with Gasteiger partial charge in [0.1, 0.15) is 0 Å². The molecule has 0 spiro atoms. The van der Waals surface area contributed by atoms with Gasteiger partial charge in [-0.1, -0.05) is 0 Å². The van der Waals surface area contributed by atoms with Crippen molar-refractivity contribution in [1.29, 1.82) is 0 Å². The molecule has 11 heteroatoms. The first-order chi connectivity index (χ1) is 8.06. The summed E-state index contributed by atoms with van der Waals surface area (Å²) in [5.41, 5.74) is -1.36. The lowest BCUT2D eigenvalue weighted by molar-refractivity contribution is -0.276. The van der Waals surface area contributed by atoms with Crippen molar-refractivity contribution in [2.45, 2.75) is 11.3 Å². The SMILES string of the molecule is COc1c[nH]c(=O)c(S(=O)(=O)Cl)c1OC(F)(F)F. The summed E-state index contributed by atoms with van der Waals surface area (Å²) in [5.74, 6) is -1.95. The van der Waals surface area contributed by atoms with Gasteiger partial charge in [-0.05, 0) is 0 Å². The average molecular weight is 308 g/mol. The molecule has 18 heavy (non-hydrogen) atoms. The molecule has 0 aliphatic heterocycles. The highest BCUT2D eigenvalue weighted by atomic mass is 35.7. The Balaban J connectivity index is 3.63. The molecule has 1 aromatic rings. The van der Waals surface area contributed by atoms with Crippen molar-refractivity contribution in [3.8, 4) is 11.5 Å². The van der Waals surface area contributed by atoms with Gasteiger partial charge in [0, 0.05) is 10.7 Å². The molecule has 1 N–H and O–H groups in total. The average Bonchev–Trinajstić information content (AvgIpc) is 2.13. The van der Waals surface area contributed by atoms with Crippen LogP contribution < -0.4 is 15.0 Å². The fourth-order valence-electron chi connectivity index (χ4n) is 1.06. The molecule has 0 amide bonds. The van der Waals surface area contributed by atoms with E-state index >= 15 is 0 Å². The quantitative estimate of drug-likeness (QED) is 0.848. The second kappa shape index (κ2) is 4.69. The van der Waals surface area contributed by atoms with Crippen LogP contribution in [0, 0.1) is 0 Å². The van der Waals surface area contributed by atoms with E-state index in [1.54, 1.807) is 0 Å². The van der Waals surface area contributed by atoms with Gasteiger partial charge < -0.3 is 14.5 Å². The van der Waals surface area contributed by atoms with Crippen LogP contribution in [0.15, 0.2) is 15.9 Å². The number of ether oxygens (including phenoxy) is 2. The van der Waals surface area contributed by atoms with Gasteiger partial charge in [-0.3, -0.25) is 4.79 Å². The van der Waals surface area contributed by atoms with E-state index in [0.717, 1.165) is 13.3 Å². The molecule has 1 aromatic heterocycles. The molecular formula is C7H5ClF3NO5S. The molecule has 0 saturated carbocycles. The van der Waals surface area contributed by atoms with E-state index in [1.807, 2.05) is 4.98 Å². The number of nitrogens with one attached hydrogen (secondary N) is 1. The monoisotopic (exact) mass is 307 g/mol. The summed E-state index contributed by atoms with van der Waals surface area (Å²) >= 11 is 0. The number of hydrogen-bond donors (Lipinski definition) is 1. The predicted molar refractivity (Wildman–Crippen MR) is 53.3 cm³/mol. The molecule has 1 heterocycles. The first-order valence-electron chi connectivity index (χ1n) is 4.06. The van der Waals surface area contributed by atoms with E-state index < -0.39 is 37.4 Å². The number of hydrogen-bond acceptors (Lipinski definition) is 5. The molecule has 0 radical (unpaired) electrons. The summed E-state index contributed by atoms with van der Waals surface area (Å²) in [7, 11) is 1.09. The lowest BCUT2D eigenvalue weighted by atomic mass is 10.4. The highest BCUT2D eigenvalue weighted by Gasteiger charge is 2.37. The molecule has 0 aliphatic rings. The number of halogens is 4. The minimum atomic E-state index is -5.21. The third-order valence-electron chi connectivity index (χ3n) is 1.65. The second-order valence-electron chi connectivity index (χ2n) is 2.83. The van der Waals surface area contributed by atoms with E-state index in [4.69, 9.17) is 10.7 Å². The molecule has 0 atom stereocenters. The number of alkyl halides is 3. The first-order valence-corrected chi connectivity index (χ1v) is 6.37. The highest BCUT2D eigenvalue weighted by molar-refractivity contribution is 8.13. The van der Waals surface area contributed by atoms with Crippen LogP contribution in [0.25, 0.3) is 0 Å². The van der Waals surface area contributed by atoms with Crippen LogP contribution >= 0.6 is 10.7 Å². The zero-order valence-corrected chi connectivity index (χ0v) is 10.1. The van der Waals surface area contributed by atoms with Gasteiger partial charge in [-0.25, -0.2) is 8.42 Å². The minimum absolute atomic E-state index is 0.633. The first kappa shape index (κ1) is 14.6. The second-order valence-corrected chi connectivity index (χ2v) is 5.33. The molecule has 102 valence electrons. The number of H-pyrrole nitrogens is 1. The molecule has 0 bridgehead atoms. The van der Waals surface area contributed by atoms with Crippen molar-refractivity contribution < 1.29 is 31.1 Å². The summed E-state index contributed by atoms with van der Waals surface area (Å²) in [4.78, 5) is 11.7. The van der Waals surface area contributed by atoms with E-state index in [9.17, 15) is 26.4 Å². The summed E-state index contributed by atoms with van der Waals surface area (Å²) in [5, 5.41) is 0. The lowest BCUT2D eigenvalue weighted by Crippen LogP contribution is -2.23. The number of methoxy groups -OCH3 is 1. The van der Waals surface area contributed by atoms with Crippen LogP contribution in [0.1, 0.15) is 0 Å². The zero-order valence-electron chi connectivity index (χ0n) is 8.54. The summed E-state index contributed by atoms with van der Waals surface area (Å²) < 4.78 is 66.4. The number of pyridine rings is 1. The fourth-order valence-corrected chi connectivity index (χ4v) is 2.13. The number of rotatable bonds is 3. The summed E-state index contributed by atoms with van der Waals surface area (Å²) in [6, 6.07) is 0. The van der Waals surface area contributed by atoms with Gasteiger partial charge in [0.25, 0.3) is 14.6 Å². The van der Waals surface area contributed by atoms with Crippen molar-refractivity contribution >= 4 is 19.7 Å². The standard InChI is InChI=1S/C7H5ClF3NO5S/c1-16-3-2-12-6(13)5(18(8,14)15)4(3)17-7(9,10)11/h2H,1H3,(H,12,13). The Bertz CT molecular complexity index is 608. The third kappa shape index (κ3) is 3.29. The molecule has 0 unspecified atom stereocenters. The highest BCUT2D eigenvalue weighted by Crippen LogP contribution is 2.36. The maximum Gasteiger partial charge on any atom is 0.573 e. The Morgan fingerprint density at radius 3 is 2.33 bits per heavy atom. The normalized spacial score (nSPS) is 12.3. The Morgan fingerprint density at radius 2 is 1.94 bits per heavy atom. The summed E-state index contributed by atoms with van der Waals surface area (Å²) in [6.07, 6.45) is -4.49. The van der Waals surface area contributed by atoms with Gasteiger partial charge in [0.05, 0.1) is 13.3 Å². The predicted octanol–water partition coefficient (Wildman–Crippen LogP) is 1.21. The summed E-state index contributed by atoms with van der Waals surface area (Å²) in [6.45, 7) is 0. The molecule has 1 rings (SSSR count). The van der Waals surface area contributed by atoms with E-state index in [2.05, 4.69) is 9.47 Å². The largest absolute Gasteiger partial charge is 0.573 e. The van der Waals surface area contributed by atoms with Crippen molar-refractivity contribution in [3.63, 3.8) is 0 Å². The molecule has 6 nitrogen and oxygen atoms in total. The van der Waals surface area contributed by atoms with Crippen molar-refractivity contribution in [2.75, 3.05) is 7.11 Å². The fraction of sp³-hybridized carbons (Fsp3) is 0.286. The van der Waals surface area contributed by atoms with Crippen LogP contribution in [0.3, 0.4) is 0 Å². The van der Waals surface area contributed by atoms with Crippen LogP contribution in [-0.4, -0.2) is 26.9 Å². The third-order valence-corrected chi connectivity index (χ3v) is 2.97. The van der Waals surface area contributed by atoms with Gasteiger partial charge in [-0.2, -0.15) is 0 Å². The topological polar surface area (TPSA) is 85.5 Å². The van der Waals surface area contributed by atoms with Gasteiger partial charge >= 0.3 is 6.36 Å². The lowest BCUT2D eigenvalue weighted by Gasteiger charge is -2.13. The maximum absolute atomic E-state index is 12.1. The van der Waals surface area contributed by atoms with Gasteiger partial charge in [0.2, 0.25) is 0 Å². The maximum atomic E-state index is 12.1. The molecular weight excluding hydrogens is 303 g/mol. The van der Waals surface area contributed by atoms with Crippen molar-refractivity contribution in [2.24, 2.45) is 0 Å². The van der Waals surface area contributed by atoms with Crippen LogP contribution in [-0.2, 0) is 9.05 Å². The van der Waals surface area contributed by atoms with Crippen LogP contribution in [0.4, 0.5) is 13.2 Å². The van der Waals surface area contributed by atoms with Crippen LogP contribution in [0.2, 0.25) is 0 Å². The van der Waals surface area contributed by atoms with Gasteiger partial charge in [0.15, 0.2) is 16.4 Å². The van der Waals surface area contributed by atoms with Crippen molar-refractivity contribution in [3.05, 3.63) is 16.6 Å². The van der Waals surface area contributed by atoms with Crippen LogP contribution in [0.5, 0.6) is 11.5 Å². The van der Waals surface area contributed by atoms with E-state index in [-0.39, 0.29) is 0 Å². The van der Waals surface area contributed by atoms with Gasteiger partial charge in [-0.15, -0.1) is 13.2 Å². The Morgan fingerprint density at radius 1 is 1.39 bits per heavy atom. The van der Waals surface area contributed by atoms with Crippen molar-refractivity contribution in [1.82, 2.24) is 4.98 Å². The Hall–Kier alpha value is -1.42. The minimum Gasteiger partial charge on any atom is -0.491 e. The Labute approximate surface area is 103 Å². The van der Waals surface area contributed by atoms with E-state index in [0.29, 0.717) is 0 Å². The number of aromatic amines is 1. The Kier molecular flexibility index (Phi) is 3.81.